The molecular formula is C28H23ClFN3O5S2. The molecule has 0 aliphatic rings. The summed E-state index contributed by atoms with van der Waals surface area (Å²) in [6.07, 6.45) is 4.88. The van der Waals surface area contributed by atoms with E-state index in [0.29, 0.717) is 17.1 Å². The number of halogens is 2. The van der Waals surface area contributed by atoms with Crippen molar-refractivity contribution in [2.45, 2.75) is 18.0 Å². The van der Waals surface area contributed by atoms with Gasteiger partial charge in [0.2, 0.25) is 0 Å². The lowest BCUT2D eigenvalue weighted by Crippen LogP contribution is -2.31. The highest BCUT2D eigenvalue weighted by atomic mass is 35.5. The molecule has 0 spiro atoms. The van der Waals surface area contributed by atoms with Gasteiger partial charge in [0.05, 0.1) is 25.8 Å². The van der Waals surface area contributed by atoms with Crippen LogP contribution < -0.4 is 18.5 Å². The highest BCUT2D eigenvalue weighted by Crippen LogP contribution is 2.36. The van der Waals surface area contributed by atoms with E-state index in [1.54, 1.807) is 36.0 Å². The van der Waals surface area contributed by atoms with Gasteiger partial charge in [-0.2, -0.15) is 0 Å². The van der Waals surface area contributed by atoms with E-state index in [0.717, 1.165) is 44.1 Å². The highest BCUT2D eigenvalue weighted by Gasteiger charge is 2.32. The van der Waals surface area contributed by atoms with Gasteiger partial charge in [-0.25, -0.2) is 22.1 Å². The first-order chi connectivity index (χ1) is 19.3. The molecule has 0 aliphatic carbocycles. The van der Waals surface area contributed by atoms with Crippen LogP contribution in [-0.4, -0.2) is 32.6 Å². The summed E-state index contributed by atoms with van der Waals surface area (Å²) in [5.74, 6) is -0.0571. The summed E-state index contributed by atoms with van der Waals surface area (Å²) in [7, 11) is -1.48. The van der Waals surface area contributed by atoms with Crippen LogP contribution in [-0.2, 0) is 23.2 Å². The molecule has 0 amide bonds. The van der Waals surface area contributed by atoms with E-state index in [4.69, 9.17) is 25.8 Å². The van der Waals surface area contributed by atoms with Gasteiger partial charge in [-0.1, -0.05) is 29.8 Å². The Morgan fingerprint density at radius 3 is 2.60 bits per heavy atom. The maximum atomic E-state index is 15.5. The summed E-state index contributed by atoms with van der Waals surface area (Å²) in [6.45, 7) is -0.0930. The largest absolute Gasteiger partial charge is 0.497 e. The predicted octanol–water partition coefficient (Wildman–Crippen LogP) is 6.48. The number of methoxy groups -OCH3 is 2. The zero-order chi connectivity index (χ0) is 28.3. The Hall–Kier alpha value is -3.93. The van der Waals surface area contributed by atoms with Crippen molar-refractivity contribution in [1.82, 2.24) is 9.97 Å². The zero-order valence-electron chi connectivity index (χ0n) is 21.4. The molecule has 12 heteroatoms. The van der Waals surface area contributed by atoms with Crippen molar-refractivity contribution in [2.24, 2.45) is 0 Å². The Labute approximate surface area is 239 Å². The standard InChI is InChI=1S/C28H23ClFN3O5S2/c1-36-21-7-6-19(25(12-21)37-2)16-33(28-32-10-11-39-28)40(34,35)27-13-23(29)26(14-24(27)30)38-17-20-5-3-4-18-8-9-31-15-22(18)20/h3-15H,16-17H2,1-2H3. The van der Waals surface area contributed by atoms with Crippen LogP contribution in [0.5, 0.6) is 17.2 Å². The summed E-state index contributed by atoms with van der Waals surface area (Å²) in [5.41, 5.74) is 1.35. The minimum atomic E-state index is -4.46. The third-order valence-electron chi connectivity index (χ3n) is 6.15. The van der Waals surface area contributed by atoms with Gasteiger partial charge >= 0.3 is 0 Å². The van der Waals surface area contributed by atoms with Gasteiger partial charge in [0.15, 0.2) is 5.13 Å². The summed E-state index contributed by atoms with van der Waals surface area (Å²) in [5, 5.41) is 3.59. The van der Waals surface area contributed by atoms with Crippen molar-refractivity contribution in [2.75, 3.05) is 18.5 Å². The summed E-state index contributed by atoms with van der Waals surface area (Å²) in [4.78, 5) is 7.71. The fourth-order valence-corrected chi connectivity index (χ4v) is 6.75. The number of hydrogen-bond acceptors (Lipinski definition) is 8. The second-order valence-electron chi connectivity index (χ2n) is 8.52. The molecule has 0 N–H and O–H groups in total. The maximum Gasteiger partial charge on any atom is 0.269 e. The maximum absolute atomic E-state index is 15.5. The van der Waals surface area contributed by atoms with E-state index in [2.05, 4.69) is 9.97 Å². The Bertz CT molecular complexity index is 1760. The third kappa shape index (κ3) is 5.53. The van der Waals surface area contributed by atoms with Crippen LogP contribution in [0.2, 0.25) is 5.02 Å². The molecule has 0 aliphatic heterocycles. The molecule has 5 aromatic rings. The lowest BCUT2D eigenvalue weighted by Gasteiger charge is -2.23. The number of thiazole rings is 1. The van der Waals surface area contributed by atoms with Crippen molar-refractivity contribution in [3.05, 3.63) is 101 Å². The quantitative estimate of drug-likeness (QED) is 0.182. The number of ether oxygens (including phenoxy) is 3. The molecule has 0 bridgehead atoms. The molecule has 0 saturated carbocycles. The normalized spacial score (nSPS) is 11.4. The van der Waals surface area contributed by atoms with Gasteiger partial charge < -0.3 is 14.2 Å². The number of benzene rings is 3. The summed E-state index contributed by atoms with van der Waals surface area (Å²) in [6, 6.07) is 14.6. The van der Waals surface area contributed by atoms with Crippen LogP contribution in [0.25, 0.3) is 10.8 Å². The van der Waals surface area contributed by atoms with E-state index in [1.165, 1.54) is 20.4 Å². The van der Waals surface area contributed by atoms with Gasteiger partial charge in [-0.3, -0.25) is 4.98 Å². The van der Waals surface area contributed by atoms with Gasteiger partial charge in [0, 0.05) is 47.1 Å². The Morgan fingerprint density at radius 1 is 1.00 bits per heavy atom. The van der Waals surface area contributed by atoms with Crippen LogP contribution >= 0.6 is 22.9 Å². The van der Waals surface area contributed by atoms with Crippen LogP contribution in [0, 0.1) is 5.82 Å². The average molecular weight is 600 g/mol. The minimum Gasteiger partial charge on any atom is -0.497 e. The number of sulfonamides is 1. The molecule has 40 heavy (non-hydrogen) atoms. The molecule has 0 atom stereocenters. The van der Waals surface area contributed by atoms with Gasteiger partial charge in [-0.15, -0.1) is 11.3 Å². The van der Waals surface area contributed by atoms with Gasteiger partial charge in [0.25, 0.3) is 10.0 Å². The number of hydrogen-bond donors (Lipinski definition) is 0. The second kappa shape index (κ2) is 11.7. The number of fused-ring (bicyclic) bond motifs is 1. The van der Waals surface area contributed by atoms with Crippen molar-refractivity contribution in [3.63, 3.8) is 0 Å². The molecule has 2 heterocycles. The number of pyridine rings is 1. The molecular weight excluding hydrogens is 577 g/mol. The predicted molar refractivity (Wildman–Crippen MR) is 153 cm³/mol. The fourth-order valence-electron chi connectivity index (χ4n) is 4.13. The molecule has 2 aromatic heterocycles. The van der Waals surface area contributed by atoms with Crippen molar-refractivity contribution in [3.8, 4) is 17.2 Å². The van der Waals surface area contributed by atoms with Crippen LogP contribution in [0.1, 0.15) is 11.1 Å². The van der Waals surface area contributed by atoms with Crippen LogP contribution in [0.15, 0.2) is 83.5 Å². The lowest BCUT2D eigenvalue weighted by molar-refractivity contribution is 0.305. The van der Waals surface area contributed by atoms with E-state index < -0.39 is 20.7 Å². The second-order valence-corrected chi connectivity index (χ2v) is 11.6. The molecule has 0 radical (unpaired) electrons. The molecule has 5 rings (SSSR count). The Balaban J connectivity index is 1.46. The summed E-state index contributed by atoms with van der Waals surface area (Å²) >= 11 is 7.53. The summed E-state index contributed by atoms with van der Waals surface area (Å²) < 4.78 is 60.7. The SMILES string of the molecule is COc1ccc(CN(c2nccs2)S(=O)(=O)c2cc(Cl)c(OCc3cccc4ccncc34)cc2F)c(OC)c1. The number of rotatable bonds is 10. The van der Waals surface area contributed by atoms with E-state index in [-0.39, 0.29) is 29.1 Å². The molecule has 0 unspecified atom stereocenters. The molecule has 0 fully saturated rings. The molecule has 3 aromatic carbocycles. The molecule has 206 valence electrons. The number of nitrogens with zero attached hydrogens (tertiary/aromatic N) is 3. The van der Waals surface area contributed by atoms with Gasteiger partial charge in [-0.05, 0) is 35.2 Å². The smallest absolute Gasteiger partial charge is 0.269 e. The van der Waals surface area contributed by atoms with Crippen molar-refractivity contribution >= 4 is 48.9 Å². The first-order valence-electron chi connectivity index (χ1n) is 11.9. The monoisotopic (exact) mass is 599 g/mol. The topological polar surface area (TPSA) is 90.9 Å². The third-order valence-corrected chi connectivity index (χ3v) is 9.11. The Morgan fingerprint density at radius 2 is 1.85 bits per heavy atom. The lowest BCUT2D eigenvalue weighted by atomic mass is 10.1. The van der Waals surface area contributed by atoms with Crippen molar-refractivity contribution < 1.29 is 27.0 Å². The van der Waals surface area contributed by atoms with E-state index >= 15 is 4.39 Å². The number of anilines is 1. The minimum absolute atomic E-state index is 0.0108. The first-order valence-corrected chi connectivity index (χ1v) is 14.6. The van der Waals surface area contributed by atoms with Crippen LogP contribution in [0.4, 0.5) is 9.52 Å². The Kier molecular flexibility index (Phi) is 8.06. The zero-order valence-corrected chi connectivity index (χ0v) is 23.8. The molecule has 8 nitrogen and oxygen atoms in total. The van der Waals surface area contributed by atoms with Gasteiger partial charge in [0.1, 0.15) is 34.6 Å². The van der Waals surface area contributed by atoms with Crippen molar-refractivity contribution in [1.29, 1.82) is 0 Å². The fraction of sp³-hybridized carbons (Fsp3) is 0.143. The van der Waals surface area contributed by atoms with E-state index in [9.17, 15) is 8.42 Å². The first kappa shape index (κ1) is 27.6. The molecule has 0 saturated heterocycles. The van der Waals surface area contributed by atoms with Crippen LogP contribution in [0.3, 0.4) is 0 Å². The number of aromatic nitrogens is 2. The average Bonchev–Trinajstić information content (AvgIpc) is 3.50. The highest BCUT2D eigenvalue weighted by molar-refractivity contribution is 7.93. The van der Waals surface area contributed by atoms with E-state index in [1.807, 2.05) is 24.3 Å².